The lowest BCUT2D eigenvalue weighted by Gasteiger charge is -2.28. The van der Waals surface area contributed by atoms with Gasteiger partial charge in [0.15, 0.2) is 12.2 Å². The first-order chi connectivity index (χ1) is 16.1. The minimum Gasteiger partial charge on any atom is -0.480 e. The van der Waals surface area contributed by atoms with E-state index in [-0.39, 0.29) is 27.5 Å². The van der Waals surface area contributed by atoms with E-state index in [4.69, 9.17) is 15.3 Å². The lowest BCUT2D eigenvalue weighted by Crippen LogP contribution is -2.42. The van der Waals surface area contributed by atoms with Gasteiger partial charge in [-0.05, 0) is 67.8 Å². The van der Waals surface area contributed by atoms with E-state index in [1.807, 2.05) is 0 Å². The maximum Gasteiger partial charge on any atom is 0.334 e. The fourth-order valence-electron chi connectivity index (χ4n) is 2.52. The highest BCUT2D eigenvalue weighted by atomic mass is 127. The molecule has 0 heterocycles. The average molecular weight is 833 g/mol. The number of carbonyl (C=O) groups excluding carboxylic acids is 3. The number of halogens is 3. The zero-order valence-electron chi connectivity index (χ0n) is 17.5. The number of carboxylic acid groups (broad SMARTS) is 3. The van der Waals surface area contributed by atoms with Crippen LogP contribution in [0, 0.1) is 10.7 Å². The molecule has 0 saturated carbocycles. The Labute approximate surface area is 237 Å². The third-order valence-corrected chi connectivity index (χ3v) is 7.36. The van der Waals surface area contributed by atoms with E-state index in [0.29, 0.717) is 0 Å². The summed E-state index contributed by atoms with van der Waals surface area (Å²) < 4.78 is 0.100. The van der Waals surface area contributed by atoms with Crippen LogP contribution in [0.2, 0.25) is 0 Å². The highest BCUT2D eigenvalue weighted by Crippen LogP contribution is 2.38. The number of nitrogens with one attached hydrogen (secondary N) is 2. The highest BCUT2D eigenvalue weighted by molar-refractivity contribution is 14.1. The van der Waals surface area contributed by atoms with E-state index < -0.39 is 67.5 Å². The Hall–Kier alpha value is -1.85. The molecule has 14 nitrogen and oxygen atoms in total. The van der Waals surface area contributed by atoms with Crippen molar-refractivity contribution >= 4 is 109 Å². The summed E-state index contributed by atoms with van der Waals surface area (Å²) in [5.41, 5.74) is -0.553. The SMILES string of the molecule is CC(=O)N(CC(O)C(=O)O)c1c(I)c(C(=O)NCC(=O)O)c(I)c(C(=O)NCC(O)C(=O)O)c1I. The summed E-state index contributed by atoms with van der Waals surface area (Å²) in [6, 6.07) is 0. The van der Waals surface area contributed by atoms with E-state index >= 15 is 0 Å². The molecule has 7 N–H and O–H groups in total. The molecule has 0 aromatic heterocycles. The van der Waals surface area contributed by atoms with Crippen LogP contribution in [0.25, 0.3) is 0 Å². The van der Waals surface area contributed by atoms with Crippen LogP contribution in [0.4, 0.5) is 5.69 Å². The van der Waals surface area contributed by atoms with Gasteiger partial charge in [-0.15, -0.1) is 0 Å². The van der Waals surface area contributed by atoms with E-state index in [1.54, 1.807) is 67.8 Å². The molecule has 2 unspecified atom stereocenters. The second-order valence-corrected chi connectivity index (χ2v) is 9.90. The molecule has 3 amide bonds. The highest BCUT2D eigenvalue weighted by Gasteiger charge is 2.33. The lowest BCUT2D eigenvalue weighted by molar-refractivity contribution is -0.147. The molecular formula is C18H18I3N3O11. The number of aliphatic hydroxyl groups excluding tert-OH is 2. The van der Waals surface area contributed by atoms with Gasteiger partial charge in [0.2, 0.25) is 5.91 Å². The maximum absolute atomic E-state index is 12.9. The van der Waals surface area contributed by atoms with Crippen molar-refractivity contribution in [2.24, 2.45) is 0 Å². The number of carbonyl (C=O) groups is 6. The molecule has 0 aliphatic carbocycles. The van der Waals surface area contributed by atoms with Gasteiger partial charge in [-0.1, -0.05) is 0 Å². The number of nitrogens with zero attached hydrogens (tertiary/aromatic N) is 1. The van der Waals surface area contributed by atoms with Crippen molar-refractivity contribution in [1.29, 1.82) is 0 Å². The van der Waals surface area contributed by atoms with Crippen molar-refractivity contribution in [2.45, 2.75) is 19.1 Å². The molecule has 1 rings (SSSR count). The van der Waals surface area contributed by atoms with Gasteiger partial charge in [0.05, 0.1) is 37.0 Å². The number of carboxylic acids is 3. The Balaban J connectivity index is 3.80. The molecule has 1 aromatic rings. The van der Waals surface area contributed by atoms with Gasteiger partial charge in [-0.2, -0.15) is 0 Å². The number of aliphatic hydroxyl groups is 2. The predicted molar refractivity (Wildman–Crippen MR) is 142 cm³/mol. The van der Waals surface area contributed by atoms with Crippen molar-refractivity contribution in [2.75, 3.05) is 24.5 Å². The van der Waals surface area contributed by atoms with Crippen molar-refractivity contribution in [3.63, 3.8) is 0 Å². The minimum atomic E-state index is -2.02. The van der Waals surface area contributed by atoms with Gasteiger partial charge < -0.3 is 41.1 Å². The topological polar surface area (TPSA) is 231 Å². The van der Waals surface area contributed by atoms with Crippen LogP contribution in [-0.2, 0) is 19.2 Å². The van der Waals surface area contributed by atoms with Crippen LogP contribution in [0.1, 0.15) is 27.6 Å². The fraction of sp³-hybridized carbons (Fsp3) is 0.333. The summed E-state index contributed by atoms with van der Waals surface area (Å²) in [6.07, 6.45) is -3.95. The number of amides is 3. The Bertz CT molecular complexity index is 1080. The third-order valence-electron chi connectivity index (χ3n) is 4.18. The number of aliphatic carboxylic acids is 3. The molecule has 2 atom stereocenters. The zero-order chi connectivity index (χ0) is 27.2. The summed E-state index contributed by atoms with van der Waals surface area (Å²) in [5, 5.41) is 50.4. The van der Waals surface area contributed by atoms with Crippen molar-refractivity contribution < 1.29 is 54.3 Å². The van der Waals surface area contributed by atoms with E-state index in [0.717, 1.165) is 11.8 Å². The second kappa shape index (κ2) is 13.5. The van der Waals surface area contributed by atoms with Crippen LogP contribution >= 0.6 is 67.8 Å². The summed E-state index contributed by atoms with van der Waals surface area (Å²) >= 11 is 4.97. The maximum atomic E-state index is 12.9. The summed E-state index contributed by atoms with van der Waals surface area (Å²) in [4.78, 5) is 71.9. The molecule has 0 aliphatic heterocycles. The average Bonchev–Trinajstić information content (AvgIpc) is 2.74. The number of anilines is 1. The normalized spacial score (nSPS) is 12.3. The van der Waals surface area contributed by atoms with Gasteiger partial charge in [-0.25, -0.2) is 9.59 Å². The Morgan fingerprint density at radius 1 is 0.800 bits per heavy atom. The molecule has 0 spiro atoms. The molecule has 0 aliphatic rings. The molecule has 17 heteroatoms. The first-order valence-corrected chi connectivity index (χ1v) is 12.4. The van der Waals surface area contributed by atoms with Gasteiger partial charge in [0, 0.05) is 10.5 Å². The predicted octanol–water partition coefficient (Wildman–Crippen LogP) is -0.711. The van der Waals surface area contributed by atoms with E-state index in [1.165, 1.54) is 0 Å². The fourth-order valence-corrected chi connectivity index (χ4v) is 7.25. The van der Waals surface area contributed by atoms with E-state index in [9.17, 15) is 39.0 Å². The Morgan fingerprint density at radius 2 is 1.26 bits per heavy atom. The van der Waals surface area contributed by atoms with Crippen LogP contribution in [0.3, 0.4) is 0 Å². The minimum absolute atomic E-state index is 0.00707. The van der Waals surface area contributed by atoms with Gasteiger partial charge in [0.1, 0.15) is 6.54 Å². The number of rotatable bonds is 11. The smallest absolute Gasteiger partial charge is 0.334 e. The van der Waals surface area contributed by atoms with Crippen molar-refractivity contribution in [3.8, 4) is 0 Å². The van der Waals surface area contributed by atoms with Crippen LogP contribution in [0.5, 0.6) is 0 Å². The van der Waals surface area contributed by atoms with Crippen LogP contribution in [0.15, 0.2) is 0 Å². The Kier molecular flexibility index (Phi) is 12.0. The van der Waals surface area contributed by atoms with Crippen LogP contribution in [-0.4, -0.2) is 93.0 Å². The van der Waals surface area contributed by atoms with Gasteiger partial charge in [-0.3, -0.25) is 19.2 Å². The van der Waals surface area contributed by atoms with Crippen molar-refractivity contribution in [1.82, 2.24) is 10.6 Å². The Morgan fingerprint density at radius 3 is 1.66 bits per heavy atom. The number of hydrogen-bond acceptors (Lipinski definition) is 8. The van der Waals surface area contributed by atoms with Crippen LogP contribution < -0.4 is 15.5 Å². The standard InChI is InChI=1S/C18H18I3N3O11/c1-5(25)24(4-7(27)18(34)35)14-12(20)9(15(30)22-2-6(26)17(32)33)11(19)10(13(14)21)16(31)23-3-8(28)29/h6-7,26-27H,2-4H2,1H3,(H,22,30)(H,23,31)(H,28,29)(H,32,33)(H,34,35). The quantitative estimate of drug-likeness (QED) is 0.138. The van der Waals surface area contributed by atoms with Gasteiger partial charge >= 0.3 is 17.9 Å². The largest absolute Gasteiger partial charge is 0.480 e. The molecule has 192 valence electrons. The number of benzene rings is 1. The van der Waals surface area contributed by atoms with E-state index in [2.05, 4.69) is 10.6 Å². The number of hydrogen-bond donors (Lipinski definition) is 7. The molecule has 0 radical (unpaired) electrons. The summed E-state index contributed by atoms with van der Waals surface area (Å²) in [5.74, 6) is -7.20. The first kappa shape index (κ1) is 31.2. The first-order valence-electron chi connectivity index (χ1n) is 9.20. The molecule has 0 bridgehead atoms. The molecule has 0 saturated heterocycles. The monoisotopic (exact) mass is 833 g/mol. The third kappa shape index (κ3) is 8.08. The van der Waals surface area contributed by atoms with Crippen molar-refractivity contribution in [3.05, 3.63) is 21.8 Å². The molecule has 35 heavy (non-hydrogen) atoms. The zero-order valence-corrected chi connectivity index (χ0v) is 24.0. The molecular weight excluding hydrogens is 815 g/mol. The summed E-state index contributed by atoms with van der Waals surface area (Å²) in [6.45, 7) is -1.15. The molecule has 0 fully saturated rings. The molecule has 1 aromatic carbocycles. The lowest BCUT2D eigenvalue weighted by atomic mass is 10.1. The second-order valence-electron chi connectivity index (χ2n) is 6.66. The summed E-state index contributed by atoms with van der Waals surface area (Å²) in [7, 11) is 0. The van der Waals surface area contributed by atoms with Gasteiger partial charge in [0.25, 0.3) is 11.8 Å².